The number of amides is 1. The van der Waals surface area contributed by atoms with Gasteiger partial charge in [-0.05, 0) is 32.9 Å². The average molecular weight is 250 g/mol. The molecule has 1 aliphatic rings. The van der Waals surface area contributed by atoms with Gasteiger partial charge in [-0.3, -0.25) is 4.90 Å². The van der Waals surface area contributed by atoms with Gasteiger partial charge in [-0.1, -0.05) is 0 Å². The van der Waals surface area contributed by atoms with Crippen LogP contribution in [-0.2, 0) is 4.74 Å². The summed E-state index contributed by atoms with van der Waals surface area (Å²) in [6.07, 6.45) is -0.364. The number of fused-ring (bicyclic) bond motifs is 1. The van der Waals surface area contributed by atoms with Gasteiger partial charge in [0.25, 0.3) is 0 Å². The highest BCUT2D eigenvalue weighted by molar-refractivity contribution is 5.90. The van der Waals surface area contributed by atoms with E-state index >= 15 is 0 Å². The van der Waals surface area contributed by atoms with Gasteiger partial charge < -0.3 is 15.2 Å². The molecule has 0 spiro atoms. The Morgan fingerprint density at radius 3 is 2.83 bits per heavy atom. The van der Waals surface area contributed by atoms with Crippen molar-refractivity contribution in [1.82, 2.24) is 0 Å². The first-order valence-corrected chi connectivity index (χ1v) is 5.90. The van der Waals surface area contributed by atoms with Crippen molar-refractivity contribution in [3.8, 4) is 5.75 Å². The number of hydrogen-bond acceptors (Lipinski definition) is 4. The van der Waals surface area contributed by atoms with Crippen molar-refractivity contribution >= 4 is 17.5 Å². The van der Waals surface area contributed by atoms with Gasteiger partial charge in [0.2, 0.25) is 0 Å². The van der Waals surface area contributed by atoms with Crippen LogP contribution in [0.1, 0.15) is 20.8 Å². The van der Waals surface area contributed by atoms with E-state index in [-0.39, 0.29) is 6.09 Å². The summed E-state index contributed by atoms with van der Waals surface area (Å²) in [5.74, 6) is 0.618. The molecule has 1 aromatic carbocycles. The third-order valence-electron chi connectivity index (χ3n) is 2.46. The lowest BCUT2D eigenvalue weighted by molar-refractivity contribution is 0.0568. The van der Waals surface area contributed by atoms with E-state index in [4.69, 9.17) is 15.2 Å². The van der Waals surface area contributed by atoms with Crippen molar-refractivity contribution in [2.75, 3.05) is 23.8 Å². The van der Waals surface area contributed by atoms with Crippen molar-refractivity contribution < 1.29 is 14.3 Å². The second kappa shape index (κ2) is 4.40. The van der Waals surface area contributed by atoms with Crippen molar-refractivity contribution in [2.45, 2.75) is 26.4 Å². The highest BCUT2D eigenvalue weighted by Crippen LogP contribution is 2.34. The zero-order chi connectivity index (χ0) is 13.3. The van der Waals surface area contributed by atoms with E-state index in [0.717, 1.165) is 0 Å². The molecule has 0 bridgehead atoms. The predicted octanol–water partition coefficient (Wildman–Crippen LogP) is 2.40. The zero-order valence-electron chi connectivity index (χ0n) is 10.9. The summed E-state index contributed by atoms with van der Waals surface area (Å²) in [6.45, 7) is 6.45. The maximum atomic E-state index is 12.1. The molecule has 0 aromatic heterocycles. The van der Waals surface area contributed by atoms with Gasteiger partial charge in [0.1, 0.15) is 18.0 Å². The Bertz CT molecular complexity index is 466. The minimum absolute atomic E-state index is 0.364. The number of anilines is 2. The first-order valence-electron chi connectivity index (χ1n) is 5.90. The number of ether oxygens (including phenoxy) is 2. The molecule has 0 radical (unpaired) electrons. The van der Waals surface area contributed by atoms with E-state index in [1.807, 2.05) is 20.8 Å². The molecule has 0 saturated carbocycles. The van der Waals surface area contributed by atoms with Crippen molar-refractivity contribution in [2.24, 2.45) is 0 Å². The summed E-state index contributed by atoms with van der Waals surface area (Å²) >= 11 is 0. The lowest BCUT2D eigenvalue weighted by atomic mass is 10.2. The van der Waals surface area contributed by atoms with Crippen LogP contribution in [0.25, 0.3) is 0 Å². The molecule has 5 nitrogen and oxygen atoms in total. The van der Waals surface area contributed by atoms with Gasteiger partial charge >= 0.3 is 6.09 Å². The average Bonchev–Trinajstić information content (AvgIpc) is 2.25. The first kappa shape index (κ1) is 12.5. The summed E-state index contributed by atoms with van der Waals surface area (Å²) in [4.78, 5) is 13.7. The molecule has 0 unspecified atom stereocenters. The van der Waals surface area contributed by atoms with Gasteiger partial charge in [-0.15, -0.1) is 0 Å². The molecule has 0 saturated heterocycles. The Kier molecular flexibility index (Phi) is 3.07. The predicted molar refractivity (Wildman–Crippen MR) is 69.9 cm³/mol. The highest BCUT2D eigenvalue weighted by Gasteiger charge is 2.28. The number of nitrogen functional groups attached to an aromatic ring is 1. The summed E-state index contributed by atoms with van der Waals surface area (Å²) in [5, 5.41) is 0. The first-order chi connectivity index (χ1) is 8.37. The Balaban J connectivity index is 2.25. The van der Waals surface area contributed by atoms with Crippen LogP contribution in [0.5, 0.6) is 5.75 Å². The number of carbonyl (C=O) groups excluding carboxylic acids is 1. The second-order valence-corrected chi connectivity index (χ2v) is 5.21. The molecular formula is C13H18N2O3. The number of nitrogens with zero attached hydrogens (tertiary/aromatic N) is 1. The van der Waals surface area contributed by atoms with E-state index in [1.54, 1.807) is 23.1 Å². The largest absolute Gasteiger partial charge is 0.489 e. The van der Waals surface area contributed by atoms with E-state index in [1.165, 1.54) is 0 Å². The topological polar surface area (TPSA) is 64.8 Å². The Labute approximate surface area is 106 Å². The lowest BCUT2D eigenvalue weighted by Crippen LogP contribution is -2.41. The van der Waals surface area contributed by atoms with Gasteiger partial charge in [0.15, 0.2) is 0 Å². The fourth-order valence-corrected chi connectivity index (χ4v) is 1.74. The molecule has 1 aliphatic heterocycles. The quantitative estimate of drug-likeness (QED) is 0.718. The molecule has 5 heteroatoms. The molecule has 18 heavy (non-hydrogen) atoms. The van der Waals surface area contributed by atoms with Gasteiger partial charge in [-0.25, -0.2) is 4.79 Å². The number of rotatable bonds is 0. The Hall–Kier alpha value is -1.91. The van der Waals surface area contributed by atoms with Gasteiger partial charge in [0.05, 0.1) is 12.2 Å². The number of carbonyl (C=O) groups is 1. The fraction of sp³-hybridized carbons (Fsp3) is 0.462. The van der Waals surface area contributed by atoms with E-state index in [9.17, 15) is 4.79 Å². The lowest BCUT2D eigenvalue weighted by Gasteiger charge is -2.31. The standard InChI is InChI=1S/C13H18N2O3/c1-13(2,3)18-12(16)15-6-7-17-11-8-9(14)4-5-10(11)15/h4-5,8H,6-7,14H2,1-3H3. The summed E-state index contributed by atoms with van der Waals surface area (Å²) in [5.41, 5.74) is 6.49. The smallest absolute Gasteiger partial charge is 0.415 e. The third-order valence-corrected chi connectivity index (χ3v) is 2.46. The molecule has 2 rings (SSSR count). The Morgan fingerprint density at radius 1 is 1.44 bits per heavy atom. The van der Waals surface area contributed by atoms with Crippen LogP contribution < -0.4 is 15.4 Å². The van der Waals surface area contributed by atoms with Crippen LogP contribution in [0.3, 0.4) is 0 Å². The van der Waals surface area contributed by atoms with Gasteiger partial charge in [-0.2, -0.15) is 0 Å². The molecule has 0 fully saturated rings. The van der Waals surface area contributed by atoms with Crippen LogP contribution in [0.2, 0.25) is 0 Å². The molecule has 0 aliphatic carbocycles. The Morgan fingerprint density at radius 2 is 2.17 bits per heavy atom. The second-order valence-electron chi connectivity index (χ2n) is 5.21. The summed E-state index contributed by atoms with van der Waals surface area (Å²) < 4.78 is 10.8. The molecule has 1 heterocycles. The van der Waals surface area contributed by atoms with Crippen LogP contribution in [0, 0.1) is 0 Å². The van der Waals surface area contributed by atoms with Gasteiger partial charge in [0, 0.05) is 11.8 Å². The summed E-state index contributed by atoms with van der Waals surface area (Å²) in [7, 11) is 0. The van der Waals surface area contributed by atoms with E-state index in [2.05, 4.69) is 0 Å². The molecule has 0 atom stereocenters. The monoisotopic (exact) mass is 250 g/mol. The maximum absolute atomic E-state index is 12.1. The minimum Gasteiger partial charge on any atom is -0.489 e. The zero-order valence-corrected chi connectivity index (χ0v) is 10.9. The number of nitrogens with two attached hydrogens (primary N) is 1. The molecule has 1 amide bonds. The van der Waals surface area contributed by atoms with Crippen LogP contribution in [-0.4, -0.2) is 24.8 Å². The molecule has 2 N–H and O–H groups in total. The normalized spacial score (nSPS) is 14.7. The van der Waals surface area contributed by atoms with Crippen LogP contribution in [0.4, 0.5) is 16.2 Å². The van der Waals surface area contributed by atoms with E-state index < -0.39 is 5.60 Å². The number of benzene rings is 1. The number of hydrogen-bond donors (Lipinski definition) is 1. The fourth-order valence-electron chi connectivity index (χ4n) is 1.74. The summed E-state index contributed by atoms with van der Waals surface area (Å²) in [6, 6.07) is 5.23. The van der Waals surface area contributed by atoms with Crippen molar-refractivity contribution in [1.29, 1.82) is 0 Å². The third kappa shape index (κ3) is 2.67. The van der Waals surface area contributed by atoms with E-state index in [0.29, 0.717) is 30.3 Å². The van der Waals surface area contributed by atoms with Crippen molar-refractivity contribution in [3.63, 3.8) is 0 Å². The minimum atomic E-state index is -0.511. The SMILES string of the molecule is CC(C)(C)OC(=O)N1CCOc2cc(N)ccc21. The van der Waals surface area contributed by atoms with Crippen LogP contribution in [0.15, 0.2) is 18.2 Å². The molecule has 98 valence electrons. The van der Waals surface area contributed by atoms with Crippen LogP contribution >= 0.6 is 0 Å². The molecule has 1 aromatic rings. The van der Waals surface area contributed by atoms with Crippen molar-refractivity contribution in [3.05, 3.63) is 18.2 Å². The molecular weight excluding hydrogens is 232 g/mol. The highest BCUT2D eigenvalue weighted by atomic mass is 16.6. The maximum Gasteiger partial charge on any atom is 0.415 e.